The van der Waals surface area contributed by atoms with Gasteiger partial charge in [-0.3, -0.25) is 9.59 Å². The number of primary amides is 1. The molecule has 1 aromatic carbocycles. The molecule has 0 unspecified atom stereocenters. The van der Waals surface area contributed by atoms with Gasteiger partial charge >= 0.3 is 0 Å². The summed E-state index contributed by atoms with van der Waals surface area (Å²) in [6.07, 6.45) is 0.305. The molecule has 1 aliphatic heterocycles. The molecule has 7 nitrogen and oxygen atoms in total. The van der Waals surface area contributed by atoms with Crippen LogP contribution in [0.4, 0.5) is 0 Å². The van der Waals surface area contributed by atoms with Crippen molar-refractivity contribution in [1.29, 1.82) is 0 Å². The molecule has 0 saturated carbocycles. The van der Waals surface area contributed by atoms with E-state index in [-0.39, 0.29) is 24.7 Å². The number of para-hydroxylation sites is 1. The Morgan fingerprint density at radius 2 is 2.20 bits per heavy atom. The second-order valence-electron chi connectivity index (χ2n) is 6.36. The lowest BCUT2D eigenvalue weighted by molar-refractivity contribution is -0.128. The minimum Gasteiger partial charge on any atom is -0.379 e. The van der Waals surface area contributed by atoms with Crippen LogP contribution in [0.2, 0.25) is 0 Å². The molecule has 7 heteroatoms. The van der Waals surface area contributed by atoms with Crippen LogP contribution in [0.5, 0.6) is 0 Å². The number of fused-ring (bicyclic) bond motifs is 1. The zero-order chi connectivity index (χ0) is 18.0. The maximum atomic E-state index is 12.8. The molecule has 134 valence electrons. The van der Waals surface area contributed by atoms with Gasteiger partial charge < -0.3 is 25.5 Å². The molecule has 0 bridgehead atoms. The molecule has 2 aromatic rings. The van der Waals surface area contributed by atoms with Crippen LogP contribution < -0.4 is 11.1 Å². The predicted octanol–water partition coefficient (Wildman–Crippen LogP) is 1.17. The van der Waals surface area contributed by atoms with Gasteiger partial charge in [0.05, 0.1) is 29.8 Å². The summed E-state index contributed by atoms with van der Waals surface area (Å²) in [6, 6.07) is 5.33. The minimum absolute atomic E-state index is 0.165. The molecule has 2 heterocycles. The Hall–Kier alpha value is -2.38. The summed E-state index contributed by atoms with van der Waals surface area (Å²) < 4.78 is 11.0. The lowest BCUT2D eigenvalue weighted by Gasteiger charge is -2.31. The van der Waals surface area contributed by atoms with Crippen LogP contribution in [0, 0.1) is 13.8 Å². The van der Waals surface area contributed by atoms with E-state index >= 15 is 0 Å². The van der Waals surface area contributed by atoms with E-state index in [2.05, 4.69) is 10.3 Å². The number of H-pyrrole nitrogens is 1. The lowest BCUT2D eigenvalue weighted by atomic mass is 10.0. The number of amides is 2. The SMILES string of the molecule is Cc1[nH]c2c(C(=O)N[C@@H]3COCC[C@@H]3OCC(N)=O)cccc2c1C. The molecule has 2 amide bonds. The molecule has 3 rings (SSSR count). The molecule has 25 heavy (non-hydrogen) atoms. The molecule has 1 aliphatic rings. The average molecular weight is 345 g/mol. The summed E-state index contributed by atoms with van der Waals surface area (Å²) in [5.74, 6) is -0.728. The van der Waals surface area contributed by atoms with Gasteiger partial charge in [-0.25, -0.2) is 0 Å². The van der Waals surface area contributed by atoms with Crippen LogP contribution in [-0.2, 0) is 14.3 Å². The first-order valence-electron chi connectivity index (χ1n) is 8.33. The van der Waals surface area contributed by atoms with Gasteiger partial charge in [-0.15, -0.1) is 0 Å². The third-order valence-corrected chi connectivity index (χ3v) is 4.64. The Labute approximate surface area is 145 Å². The van der Waals surface area contributed by atoms with Crippen molar-refractivity contribution in [3.63, 3.8) is 0 Å². The molecule has 0 spiro atoms. The van der Waals surface area contributed by atoms with Crippen molar-refractivity contribution in [2.75, 3.05) is 19.8 Å². The number of carbonyl (C=O) groups is 2. The van der Waals surface area contributed by atoms with Gasteiger partial charge in [0, 0.05) is 17.7 Å². The second-order valence-corrected chi connectivity index (χ2v) is 6.36. The third kappa shape index (κ3) is 3.67. The zero-order valence-corrected chi connectivity index (χ0v) is 14.4. The number of aromatic amines is 1. The Morgan fingerprint density at radius 3 is 2.96 bits per heavy atom. The van der Waals surface area contributed by atoms with Crippen molar-refractivity contribution < 1.29 is 19.1 Å². The van der Waals surface area contributed by atoms with Crippen molar-refractivity contribution in [2.45, 2.75) is 32.4 Å². The highest BCUT2D eigenvalue weighted by Gasteiger charge is 2.29. The fourth-order valence-corrected chi connectivity index (χ4v) is 3.16. The number of nitrogens with one attached hydrogen (secondary N) is 2. The quantitative estimate of drug-likeness (QED) is 0.756. The van der Waals surface area contributed by atoms with E-state index in [4.69, 9.17) is 15.2 Å². The first-order valence-corrected chi connectivity index (χ1v) is 8.33. The largest absolute Gasteiger partial charge is 0.379 e. The van der Waals surface area contributed by atoms with Gasteiger partial charge in [0.15, 0.2) is 0 Å². The van der Waals surface area contributed by atoms with Crippen molar-refractivity contribution in [3.8, 4) is 0 Å². The van der Waals surface area contributed by atoms with Gasteiger partial charge in [-0.2, -0.15) is 0 Å². The van der Waals surface area contributed by atoms with E-state index in [1.54, 1.807) is 6.07 Å². The fraction of sp³-hybridized carbons (Fsp3) is 0.444. The first-order chi connectivity index (χ1) is 12.0. The van der Waals surface area contributed by atoms with Crippen LogP contribution in [-0.4, -0.2) is 48.8 Å². The molecular formula is C18H23N3O4. The monoisotopic (exact) mass is 345 g/mol. The number of nitrogens with two attached hydrogens (primary N) is 1. The standard InChI is InChI=1S/C18H23N3O4/c1-10-11(2)20-17-12(10)4-3-5-13(17)18(23)21-14-8-24-7-6-15(14)25-9-16(19)22/h3-5,14-15,20H,6-9H2,1-2H3,(H2,19,22)(H,21,23)/t14-,15+/m1/s1. The number of hydrogen-bond donors (Lipinski definition) is 3. The summed E-state index contributed by atoms with van der Waals surface area (Å²) in [6.45, 7) is 4.72. The van der Waals surface area contributed by atoms with Crippen LogP contribution >= 0.6 is 0 Å². The molecule has 4 N–H and O–H groups in total. The number of carbonyl (C=O) groups excluding carboxylic acids is 2. The highest BCUT2D eigenvalue weighted by Crippen LogP contribution is 2.24. The smallest absolute Gasteiger partial charge is 0.253 e. The molecule has 1 saturated heterocycles. The average Bonchev–Trinajstić information content (AvgIpc) is 2.88. The first kappa shape index (κ1) is 17.4. The number of ether oxygens (including phenoxy) is 2. The van der Waals surface area contributed by atoms with Crippen molar-refractivity contribution in [2.24, 2.45) is 5.73 Å². The van der Waals surface area contributed by atoms with Crippen LogP contribution in [0.25, 0.3) is 10.9 Å². The van der Waals surface area contributed by atoms with Crippen LogP contribution in [0.3, 0.4) is 0 Å². The summed E-state index contributed by atoms with van der Waals surface area (Å²) in [7, 11) is 0. The molecule has 0 aliphatic carbocycles. The van der Waals surface area contributed by atoms with E-state index < -0.39 is 5.91 Å². The van der Waals surface area contributed by atoms with E-state index in [1.807, 2.05) is 26.0 Å². The Kier molecular flexibility index (Phi) is 5.06. The minimum atomic E-state index is -0.529. The number of aryl methyl sites for hydroxylation is 2. The highest BCUT2D eigenvalue weighted by molar-refractivity contribution is 6.06. The Bertz CT molecular complexity index is 799. The second kappa shape index (κ2) is 7.25. The van der Waals surface area contributed by atoms with Gasteiger partial charge in [0.2, 0.25) is 5.91 Å². The van der Waals surface area contributed by atoms with E-state index in [0.29, 0.717) is 25.2 Å². The van der Waals surface area contributed by atoms with Gasteiger partial charge in [-0.1, -0.05) is 12.1 Å². The molecule has 1 aromatic heterocycles. The highest BCUT2D eigenvalue weighted by atomic mass is 16.5. The number of rotatable bonds is 5. The van der Waals surface area contributed by atoms with Crippen LogP contribution in [0.15, 0.2) is 18.2 Å². The number of aromatic nitrogens is 1. The van der Waals surface area contributed by atoms with Gasteiger partial charge in [0.1, 0.15) is 6.61 Å². The predicted molar refractivity (Wildman–Crippen MR) is 93.4 cm³/mol. The molecule has 2 atom stereocenters. The molecule has 1 fully saturated rings. The molecular weight excluding hydrogens is 322 g/mol. The van der Waals surface area contributed by atoms with Crippen molar-refractivity contribution in [3.05, 3.63) is 35.0 Å². The molecule has 0 radical (unpaired) electrons. The zero-order valence-electron chi connectivity index (χ0n) is 14.4. The summed E-state index contributed by atoms with van der Waals surface area (Å²) in [5, 5.41) is 4.00. The number of hydrogen-bond acceptors (Lipinski definition) is 4. The maximum absolute atomic E-state index is 12.8. The van der Waals surface area contributed by atoms with Gasteiger partial charge in [-0.05, 0) is 31.9 Å². The lowest BCUT2D eigenvalue weighted by Crippen LogP contribution is -2.51. The summed E-state index contributed by atoms with van der Waals surface area (Å²) in [4.78, 5) is 27.0. The van der Waals surface area contributed by atoms with Crippen LogP contribution in [0.1, 0.15) is 28.0 Å². The topological polar surface area (TPSA) is 106 Å². The third-order valence-electron chi connectivity index (χ3n) is 4.64. The summed E-state index contributed by atoms with van der Waals surface area (Å²) in [5.41, 5.74) is 8.71. The van der Waals surface area contributed by atoms with E-state index in [1.165, 1.54) is 0 Å². The van der Waals surface area contributed by atoms with Gasteiger partial charge in [0.25, 0.3) is 5.91 Å². The normalized spacial score (nSPS) is 20.6. The maximum Gasteiger partial charge on any atom is 0.253 e. The van der Waals surface area contributed by atoms with Crippen molar-refractivity contribution in [1.82, 2.24) is 10.3 Å². The van der Waals surface area contributed by atoms with Crippen molar-refractivity contribution >= 4 is 22.7 Å². The van der Waals surface area contributed by atoms with E-state index in [9.17, 15) is 9.59 Å². The Morgan fingerprint density at radius 1 is 1.40 bits per heavy atom. The Balaban J connectivity index is 1.79. The fourth-order valence-electron chi connectivity index (χ4n) is 3.16. The number of benzene rings is 1. The summed E-state index contributed by atoms with van der Waals surface area (Å²) >= 11 is 0. The van der Waals surface area contributed by atoms with E-state index in [0.717, 1.165) is 22.2 Å².